The standard InChI is InChI=1S/C27H24N4O3/c1-17-9-12-20(13-10-17)24-28-23(34-30-24)16-31-25(32)27(29-26(31)33,21-7-5-4-6-8-21)22-14-11-18(2)19(3)15-22/h4-15H,16H2,1-3H3,(H,29,33). The van der Waals surface area contributed by atoms with Gasteiger partial charge in [-0.1, -0.05) is 83.5 Å². The largest absolute Gasteiger partial charge is 0.337 e. The molecular weight excluding hydrogens is 428 g/mol. The molecule has 34 heavy (non-hydrogen) atoms. The number of aromatic nitrogens is 2. The van der Waals surface area contributed by atoms with Crippen molar-refractivity contribution in [2.24, 2.45) is 0 Å². The average molecular weight is 453 g/mol. The Morgan fingerprint density at radius 1 is 0.882 bits per heavy atom. The number of carbonyl (C=O) groups excluding carboxylic acids is 2. The summed E-state index contributed by atoms with van der Waals surface area (Å²) in [5, 5.41) is 6.99. The van der Waals surface area contributed by atoms with Gasteiger partial charge >= 0.3 is 6.03 Å². The maximum absolute atomic E-state index is 13.9. The van der Waals surface area contributed by atoms with Gasteiger partial charge in [-0.25, -0.2) is 4.79 Å². The first kappa shape index (κ1) is 21.6. The Kier molecular flexibility index (Phi) is 5.24. The molecule has 5 rings (SSSR count). The smallest absolute Gasteiger partial charge is 0.326 e. The van der Waals surface area contributed by atoms with Gasteiger partial charge < -0.3 is 9.84 Å². The molecule has 1 N–H and O–H groups in total. The van der Waals surface area contributed by atoms with Crippen molar-refractivity contribution in [2.45, 2.75) is 32.9 Å². The lowest BCUT2D eigenvalue weighted by molar-refractivity contribution is -0.130. The molecule has 0 aliphatic carbocycles. The van der Waals surface area contributed by atoms with E-state index in [9.17, 15) is 9.59 Å². The number of imide groups is 1. The maximum Gasteiger partial charge on any atom is 0.326 e. The Morgan fingerprint density at radius 2 is 1.62 bits per heavy atom. The summed E-state index contributed by atoms with van der Waals surface area (Å²) in [4.78, 5) is 32.6. The van der Waals surface area contributed by atoms with E-state index in [2.05, 4.69) is 15.5 Å². The SMILES string of the molecule is Cc1ccc(-c2noc(CN3C(=O)NC(c4ccccc4)(c4ccc(C)c(C)c4)C3=O)n2)cc1. The molecule has 4 aromatic rings. The normalized spacial score (nSPS) is 17.8. The van der Waals surface area contributed by atoms with Crippen LogP contribution in [0, 0.1) is 20.8 Å². The van der Waals surface area contributed by atoms with Crippen LogP contribution in [0.25, 0.3) is 11.4 Å². The highest BCUT2D eigenvalue weighted by atomic mass is 16.5. The fraction of sp³-hybridized carbons (Fsp3) is 0.185. The van der Waals surface area contributed by atoms with E-state index in [0.29, 0.717) is 17.0 Å². The zero-order chi connectivity index (χ0) is 23.9. The minimum Gasteiger partial charge on any atom is -0.337 e. The Labute approximate surface area is 197 Å². The topological polar surface area (TPSA) is 88.3 Å². The van der Waals surface area contributed by atoms with Crippen molar-refractivity contribution in [3.8, 4) is 11.4 Å². The first-order chi connectivity index (χ1) is 16.4. The second-order valence-electron chi connectivity index (χ2n) is 8.61. The summed E-state index contributed by atoms with van der Waals surface area (Å²) in [6.45, 7) is 5.87. The van der Waals surface area contributed by atoms with E-state index in [4.69, 9.17) is 4.52 Å². The second kappa shape index (κ2) is 8.26. The van der Waals surface area contributed by atoms with Crippen LogP contribution >= 0.6 is 0 Å². The van der Waals surface area contributed by atoms with E-state index in [-0.39, 0.29) is 18.3 Å². The van der Waals surface area contributed by atoms with E-state index in [1.165, 1.54) is 0 Å². The van der Waals surface area contributed by atoms with Crippen molar-refractivity contribution in [1.82, 2.24) is 20.4 Å². The van der Waals surface area contributed by atoms with Gasteiger partial charge in [-0.2, -0.15) is 4.98 Å². The number of amides is 3. The van der Waals surface area contributed by atoms with Crippen molar-refractivity contribution >= 4 is 11.9 Å². The fourth-order valence-electron chi connectivity index (χ4n) is 4.21. The number of nitrogens with zero attached hydrogens (tertiary/aromatic N) is 3. The molecule has 0 spiro atoms. The van der Waals surface area contributed by atoms with Gasteiger partial charge in [-0.3, -0.25) is 9.69 Å². The van der Waals surface area contributed by atoms with Gasteiger partial charge in [0.25, 0.3) is 5.91 Å². The van der Waals surface area contributed by atoms with Gasteiger partial charge in [0.05, 0.1) is 0 Å². The third kappa shape index (κ3) is 3.55. The Hall–Kier alpha value is -4.26. The second-order valence-corrected chi connectivity index (χ2v) is 8.61. The monoisotopic (exact) mass is 452 g/mol. The van der Waals surface area contributed by atoms with E-state index < -0.39 is 11.6 Å². The zero-order valence-electron chi connectivity index (χ0n) is 19.2. The lowest BCUT2D eigenvalue weighted by Gasteiger charge is -2.28. The Morgan fingerprint density at radius 3 is 2.32 bits per heavy atom. The highest BCUT2D eigenvalue weighted by Crippen LogP contribution is 2.37. The Bertz CT molecular complexity index is 1380. The number of benzene rings is 3. The Balaban J connectivity index is 1.51. The lowest BCUT2D eigenvalue weighted by atomic mass is 9.81. The number of urea groups is 1. The van der Waals surface area contributed by atoms with Crippen LogP contribution in [0.1, 0.15) is 33.7 Å². The van der Waals surface area contributed by atoms with Crippen molar-refractivity contribution in [3.05, 3.63) is 107 Å². The molecule has 1 fully saturated rings. The van der Waals surface area contributed by atoms with Gasteiger partial charge in [-0.05, 0) is 43.0 Å². The molecular formula is C27H24N4O3. The maximum atomic E-state index is 13.9. The van der Waals surface area contributed by atoms with E-state index in [1.807, 2.05) is 93.6 Å². The van der Waals surface area contributed by atoms with Crippen LogP contribution in [0.4, 0.5) is 4.79 Å². The van der Waals surface area contributed by atoms with Gasteiger partial charge in [0.1, 0.15) is 6.54 Å². The highest BCUT2D eigenvalue weighted by Gasteiger charge is 2.54. The van der Waals surface area contributed by atoms with Crippen molar-refractivity contribution < 1.29 is 14.1 Å². The van der Waals surface area contributed by atoms with Crippen LogP contribution in [0.2, 0.25) is 0 Å². The van der Waals surface area contributed by atoms with Crippen LogP contribution in [0.15, 0.2) is 77.3 Å². The lowest BCUT2D eigenvalue weighted by Crippen LogP contribution is -2.45. The number of hydrogen-bond donors (Lipinski definition) is 1. The average Bonchev–Trinajstić information content (AvgIpc) is 3.41. The number of aryl methyl sites for hydroxylation is 3. The first-order valence-electron chi connectivity index (χ1n) is 11.1. The molecule has 1 unspecified atom stereocenters. The van der Waals surface area contributed by atoms with E-state index >= 15 is 0 Å². The van der Waals surface area contributed by atoms with Gasteiger partial charge in [0.2, 0.25) is 11.7 Å². The van der Waals surface area contributed by atoms with Crippen LogP contribution in [0.3, 0.4) is 0 Å². The first-order valence-corrected chi connectivity index (χ1v) is 11.1. The van der Waals surface area contributed by atoms with Crippen molar-refractivity contribution in [2.75, 3.05) is 0 Å². The molecule has 1 aliphatic heterocycles. The molecule has 2 heterocycles. The van der Waals surface area contributed by atoms with Crippen LogP contribution in [-0.2, 0) is 16.9 Å². The van der Waals surface area contributed by atoms with Crippen LogP contribution in [0.5, 0.6) is 0 Å². The predicted molar refractivity (Wildman–Crippen MR) is 127 cm³/mol. The van der Waals surface area contributed by atoms with Crippen molar-refractivity contribution in [3.63, 3.8) is 0 Å². The molecule has 7 heteroatoms. The summed E-state index contributed by atoms with van der Waals surface area (Å²) in [6.07, 6.45) is 0. The van der Waals surface area contributed by atoms with Crippen LogP contribution in [-0.4, -0.2) is 27.0 Å². The molecule has 170 valence electrons. The van der Waals surface area contributed by atoms with Gasteiger partial charge in [0.15, 0.2) is 5.54 Å². The minimum absolute atomic E-state index is 0.122. The van der Waals surface area contributed by atoms with E-state index in [0.717, 1.165) is 27.2 Å². The van der Waals surface area contributed by atoms with E-state index in [1.54, 1.807) is 0 Å². The summed E-state index contributed by atoms with van der Waals surface area (Å²) in [6, 6.07) is 22.3. The molecule has 0 radical (unpaired) electrons. The summed E-state index contributed by atoms with van der Waals surface area (Å²) in [5.74, 6) is 0.204. The van der Waals surface area contributed by atoms with Gasteiger partial charge in [0, 0.05) is 5.56 Å². The van der Waals surface area contributed by atoms with Crippen LogP contribution < -0.4 is 5.32 Å². The molecule has 1 aromatic heterocycles. The molecule has 3 aromatic carbocycles. The molecule has 7 nitrogen and oxygen atoms in total. The number of carbonyl (C=O) groups is 2. The third-order valence-corrected chi connectivity index (χ3v) is 6.32. The summed E-state index contributed by atoms with van der Waals surface area (Å²) in [5.41, 5.74) is 4.11. The van der Waals surface area contributed by atoms with Crippen molar-refractivity contribution in [1.29, 1.82) is 0 Å². The quantitative estimate of drug-likeness (QED) is 0.445. The number of nitrogens with one attached hydrogen (secondary N) is 1. The summed E-state index contributed by atoms with van der Waals surface area (Å²) >= 11 is 0. The third-order valence-electron chi connectivity index (χ3n) is 6.32. The molecule has 1 saturated heterocycles. The fourth-order valence-corrected chi connectivity index (χ4v) is 4.21. The molecule has 1 atom stereocenters. The van der Waals surface area contributed by atoms with Gasteiger partial charge in [-0.15, -0.1) is 0 Å². The summed E-state index contributed by atoms with van der Waals surface area (Å²) < 4.78 is 5.39. The molecule has 3 amide bonds. The number of rotatable bonds is 5. The number of hydrogen-bond acceptors (Lipinski definition) is 5. The minimum atomic E-state index is -1.34. The molecule has 0 saturated carbocycles. The predicted octanol–water partition coefficient (Wildman–Crippen LogP) is 4.66. The molecule has 0 bridgehead atoms. The molecule has 1 aliphatic rings. The zero-order valence-corrected chi connectivity index (χ0v) is 19.2. The highest BCUT2D eigenvalue weighted by molar-refractivity contribution is 6.09. The summed E-state index contributed by atoms with van der Waals surface area (Å²) in [7, 11) is 0.